The summed E-state index contributed by atoms with van der Waals surface area (Å²) >= 11 is 0. The lowest BCUT2D eigenvalue weighted by Gasteiger charge is -2.32. The van der Waals surface area contributed by atoms with Crippen molar-refractivity contribution in [3.8, 4) is 0 Å². The Morgan fingerprint density at radius 3 is 2.69 bits per heavy atom. The molecule has 1 aliphatic carbocycles. The first-order valence-corrected chi connectivity index (χ1v) is 12.8. The molecule has 186 valence electrons. The Morgan fingerprint density at radius 1 is 1.06 bits per heavy atom. The lowest BCUT2D eigenvalue weighted by atomic mass is 9.79. The molecule has 8 heteroatoms. The third-order valence-electron chi connectivity index (χ3n) is 6.69. The highest BCUT2D eigenvalue weighted by molar-refractivity contribution is 5.77. The van der Waals surface area contributed by atoms with Gasteiger partial charge in [0.15, 0.2) is 0 Å². The molecular weight excluding hydrogens is 408 g/mol. The fourth-order valence-electron chi connectivity index (χ4n) is 4.75. The minimum absolute atomic E-state index is 0.0169. The maximum absolute atomic E-state index is 12.1. The van der Waals surface area contributed by atoms with Crippen LogP contribution in [0.2, 0.25) is 0 Å². The molecule has 3 amide bonds. The molecule has 1 heterocycles. The lowest BCUT2D eigenvalue weighted by Crippen LogP contribution is -2.43. The van der Waals surface area contributed by atoms with Gasteiger partial charge in [-0.15, -0.1) is 0 Å². The highest BCUT2D eigenvalue weighted by Gasteiger charge is 2.39. The predicted octanol–water partition coefficient (Wildman–Crippen LogP) is 2.70. The first kappa shape index (κ1) is 26.9. The minimum atomic E-state index is -0.0169. The Hall–Kier alpha value is -1.38. The second kappa shape index (κ2) is 16.3. The number of nitrogens with one attached hydrogen (secondary N) is 3. The molecule has 0 aromatic heterocycles. The van der Waals surface area contributed by atoms with Gasteiger partial charge in [-0.3, -0.25) is 4.79 Å². The van der Waals surface area contributed by atoms with Crippen LogP contribution in [0.25, 0.3) is 0 Å². The van der Waals surface area contributed by atoms with E-state index in [1.54, 1.807) is 0 Å². The van der Waals surface area contributed by atoms with Gasteiger partial charge in [-0.2, -0.15) is 0 Å². The van der Waals surface area contributed by atoms with Gasteiger partial charge in [0, 0.05) is 26.2 Å². The number of fused-ring (bicyclic) bond motifs is 1. The summed E-state index contributed by atoms with van der Waals surface area (Å²) in [6.07, 6.45) is 11.1. The van der Waals surface area contributed by atoms with Crippen LogP contribution in [-0.4, -0.2) is 63.5 Å². The number of amides is 3. The number of rotatable bonds is 18. The lowest BCUT2D eigenvalue weighted by molar-refractivity contribution is -0.121. The number of urea groups is 1. The third-order valence-corrected chi connectivity index (χ3v) is 6.69. The quantitative estimate of drug-likeness (QED) is 0.238. The summed E-state index contributed by atoms with van der Waals surface area (Å²) in [6.45, 7) is 6.40. The zero-order chi connectivity index (χ0) is 23.0. The van der Waals surface area contributed by atoms with Gasteiger partial charge < -0.3 is 31.2 Å². The molecule has 2 aliphatic rings. The van der Waals surface area contributed by atoms with Gasteiger partial charge in [0.25, 0.3) is 0 Å². The summed E-state index contributed by atoms with van der Waals surface area (Å²) < 4.78 is 11.0. The maximum atomic E-state index is 12.1. The minimum Gasteiger partial charge on any atom is -0.379 e. The van der Waals surface area contributed by atoms with E-state index in [1.807, 2.05) is 0 Å². The monoisotopic (exact) mass is 454 g/mol. The average Bonchev–Trinajstić information content (AvgIpc) is 3.17. The van der Waals surface area contributed by atoms with Crippen molar-refractivity contribution in [2.24, 2.45) is 17.6 Å². The Balaban J connectivity index is 1.38. The molecule has 1 saturated heterocycles. The van der Waals surface area contributed by atoms with Gasteiger partial charge >= 0.3 is 6.03 Å². The third kappa shape index (κ3) is 11.0. The summed E-state index contributed by atoms with van der Waals surface area (Å²) in [6, 6.07) is 0.572. The first-order chi connectivity index (χ1) is 15.6. The van der Waals surface area contributed by atoms with E-state index in [-0.39, 0.29) is 18.0 Å². The predicted molar refractivity (Wildman–Crippen MR) is 126 cm³/mol. The van der Waals surface area contributed by atoms with Crippen LogP contribution in [0.1, 0.15) is 77.6 Å². The van der Waals surface area contributed by atoms with Crippen molar-refractivity contribution in [3.05, 3.63) is 0 Å². The van der Waals surface area contributed by atoms with E-state index < -0.39 is 0 Å². The van der Waals surface area contributed by atoms with Gasteiger partial charge in [-0.05, 0) is 69.7 Å². The van der Waals surface area contributed by atoms with E-state index in [1.165, 1.54) is 12.8 Å². The molecule has 0 spiro atoms. The van der Waals surface area contributed by atoms with Gasteiger partial charge in [0.1, 0.15) is 0 Å². The van der Waals surface area contributed by atoms with Crippen LogP contribution in [0.4, 0.5) is 4.79 Å². The van der Waals surface area contributed by atoms with E-state index in [0.29, 0.717) is 50.7 Å². The largest absolute Gasteiger partial charge is 0.379 e. The summed E-state index contributed by atoms with van der Waals surface area (Å²) in [5.41, 5.74) is 5.41. The number of hydrogen-bond donors (Lipinski definition) is 4. The fraction of sp³-hybridized carbons (Fsp3) is 0.917. The molecule has 8 nitrogen and oxygen atoms in total. The van der Waals surface area contributed by atoms with Crippen LogP contribution in [0.5, 0.6) is 0 Å². The Kier molecular flexibility index (Phi) is 13.7. The summed E-state index contributed by atoms with van der Waals surface area (Å²) in [5.74, 6) is 1.30. The Bertz CT molecular complexity index is 534. The number of carbonyl (C=O) groups is 2. The SMILES string of the molecule is CC(CCCNC(=O)CCCCC1CCCC2NC(=O)NC12)CCOCCOCCCN. The van der Waals surface area contributed by atoms with Crippen LogP contribution in [0.15, 0.2) is 0 Å². The van der Waals surface area contributed by atoms with E-state index in [2.05, 4.69) is 22.9 Å². The molecule has 5 N–H and O–H groups in total. The van der Waals surface area contributed by atoms with Crippen LogP contribution in [-0.2, 0) is 14.3 Å². The van der Waals surface area contributed by atoms with Crippen molar-refractivity contribution in [1.29, 1.82) is 0 Å². The number of hydrogen-bond acceptors (Lipinski definition) is 5. The van der Waals surface area contributed by atoms with Crippen molar-refractivity contribution >= 4 is 11.9 Å². The second-order valence-electron chi connectivity index (χ2n) is 9.44. The molecule has 0 aromatic carbocycles. The van der Waals surface area contributed by atoms with Crippen LogP contribution in [0.3, 0.4) is 0 Å². The summed E-state index contributed by atoms with van der Waals surface area (Å²) in [4.78, 5) is 23.7. The second-order valence-corrected chi connectivity index (χ2v) is 9.44. The topological polar surface area (TPSA) is 115 Å². The van der Waals surface area contributed by atoms with Crippen LogP contribution < -0.4 is 21.7 Å². The molecule has 2 rings (SSSR count). The van der Waals surface area contributed by atoms with Gasteiger partial charge in [-0.25, -0.2) is 4.79 Å². The van der Waals surface area contributed by atoms with Crippen LogP contribution in [0, 0.1) is 11.8 Å². The number of nitrogens with two attached hydrogens (primary N) is 1. The Labute approximate surface area is 194 Å². The standard InChI is InChI=1S/C24H46N4O4/c1-19(12-16-32-18-17-31-15-6-13-25)7-5-14-26-22(29)11-3-2-8-20-9-4-10-21-23(20)28-24(30)27-21/h19-21,23H,2-18,25H2,1H3,(H,26,29)(H2,27,28,30). The normalized spacial score (nSPS) is 23.3. The molecule has 32 heavy (non-hydrogen) atoms. The van der Waals surface area contributed by atoms with Crippen molar-refractivity contribution in [2.45, 2.75) is 89.6 Å². The molecule has 1 aliphatic heterocycles. The molecule has 4 atom stereocenters. The first-order valence-electron chi connectivity index (χ1n) is 12.8. The van der Waals surface area contributed by atoms with E-state index in [9.17, 15) is 9.59 Å². The molecular formula is C24H46N4O4. The molecule has 1 saturated carbocycles. The number of carbonyl (C=O) groups excluding carboxylic acids is 2. The summed E-state index contributed by atoms with van der Waals surface area (Å²) in [7, 11) is 0. The van der Waals surface area contributed by atoms with Gasteiger partial charge in [0.2, 0.25) is 5.91 Å². The van der Waals surface area contributed by atoms with Crippen molar-refractivity contribution in [3.63, 3.8) is 0 Å². The van der Waals surface area contributed by atoms with E-state index in [0.717, 1.165) is 64.5 Å². The zero-order valence-electron chi connectivity index (χ0n) is 20.0. The highest BCUT2D eigenvalue weighted by atomic mass is 16.5. The van der Waals surface area contributed by atoms with Crippen molar-refractivity contribution in [2.75, 3.05) is 39.5 Å². The summed E-state index contributed by atoms with van der Waals surface area (Å²) in [5, 5.41) is 9.16. The molecule has 0 aromatic rings. The fourth-order valence-corrected chi connectivity index (χ4v) is 4.75. The smallest absolute Gasteiger partial charge is 0.315 e. The zero-order valence-corrected chi connectivity index (χ0v) is 20.0. The number of ether oxygens (including phenoxy) is 2. The van der Waals surface area contributed by atoms with E-state index >= 15 is 0 Å². The molecule has 4 unspecified atom stereocenters. The van der Waals surface area contributed by atoms with Crippen molar-refractivity contribution < 1.29 is 19.1 Å². The van der Waals surface area contributed by atoms with Gasteiger partial charge in [0.05, 0.1) is 25.3 Å². The van der Waals surface area contributed by atoms with E-state index in [4.69, 9.17) is 15.2 Å². The molecule has 0 bridgehead atoms. The molecule has 0 radical (unpaired) electrons. The number of unbranched alkanes of at least 4 members (excludes halogenated alkanes) is 1. The Morgan fingerprint density at radius 2 is 1.88 bits per heavy atom. The van der Waals surface area contributed by atoms with Gasteiger partial charge in [-0.1, -0.05) is 19.8 Å². The van der Waals surface area contributed by atoms with Crippen LogP contribution >= 0.6 is 0 Å². The molecule has 2 fully saturated rings. The maximum Gasteiger partial charge on any atom is 0.315 e. The van der Waals surface area contributed by atoms with Crippen molar-refractivity contribution in [1.82, 2.24) is 16.0 Å². The average molecular weight is 455 g/mol. The highest BCUT2D eigenvalue weighted by Crippen LogP contribution is 2.31.